The number of halogens is 2. The molecule has 0 aliphatic heterocycles. The number of hydrogen-bond donors (Lipinski definition) is 0. The van der Waals surface area contributed by atoms with E-state index in [4.69, 9.17) is 0 Å². The molecule has 154 valence electrons. The molecule has 1 unspecified atom stereocenters. The lowest BCUT2D eigenvalue weighted by molar-refractivity contribution is 0.222. The minimum absolute atomic E-state index is 0.200. The highest BCUT2D eigenvalue weighted by molar-refractivity contribution is 5.35. The number of nitrogens with zero attached hydrogens (tertiary/aromatic N) is 2. The van der Waals surface area contributed by atoms with Crippen LogP contribution in [0.15, 0.2) is 48.5 Å². The van der Waals surface area contributed by atoms with E-state index >= 15 is 0 Å². The number of hydrogen-bond acceptors (Lipinski definition) is 2. The lowest BCUT2D eigenvalue weighted by atomic mass is 9.63. The fourth-order valence-corrected chi connectivity index (χ4v) is 4.77. The SMILES string of the molecule is CN(CCCC(C#N)(c1ccc(F)c(F)c1)C1CCCCC1)Cc1ccccc1. The Morgan fingerprint density at radius 1 is 1.03 bits per heavy atom. The summed E-state index contributed by atoms with van der Waals surface area (Å²) in [5.41, 5.74) is 1.15. The average molecular weight is 397 g/mol. The standard InChI is InChI=1S/C25H30F2N2/c1-29(18-20-9-4-2-5-10-20)16-8-15-25(19-28,21-11-6-3-7-12-21)22-13-14-23(26)24(27)17-22/h2,4-5,9-10,13-14,17,21H,3,6-8,11-12,15-16,18H2,1H3. The molecule has 1 fully saturated rings. The molecule has 2 nitrogen and oxygen atoms in total. The van der Waals surface area contributed by atoms with Crippen molar-refractivity contribution in [1.29, 1.82) is 5.26 Å². The van der Waals surface area contributed by atoms with Crippen LogP contribution in [0.5, 0.6) is 0 Å². The summed E-state index contributed by atoms with van der Waals surface area (Å²) in [6.45, 7) is 1.71. The van der Waals surface area contributed by atoms with Crippen molar-refractivity contribution in [2.24, 2.45) is 5.92 Å². The molecule has 0 spiro atoms. The summed E-state index contributed by atoms with van der Waals surface area (Å²) in [5, 5.41) is 10.3. The summed E-state index contributed by atoms with van der Waals surface area (Å²) in [6, 6.07) is 16.9. The van der Waals surface area contributed by atoms with Gasteiger partial charge in [-0.2, -0.15) is 5.26 Å². The zero-order valence-corrected chi connectivity index (χ0v) is 17.2. The van der Waals surface area contributed by atoms with Crippen LogP contribution in [0.1, 0.15) is 56.1 Å². The van der Waals surface area contributed by atoms with E-state index in [0.29, 0.717) is 12.0 Å². The van der Waals surface area contributed by atoms with Crippen LogP contribution in [0, 0.1) is 28.9 Å². The van der Waals surface area contributed by atoms with Gasteiger partial charge in [-0.05, 0) is 68.5 Å². The Balaban J connectivity index is 1.74. The van der Waals surface area contributed by atoms with E-state index in [9.17, 15) is 14.0 Å². The van der Waals surface area contributed by atoms with E-state index in [0.717, 1.165) is 45.2 Å². The predicted molar refractivity (Wildman–Crippen MR) is 112 cm³/mol. The van der Waals surface area contributed by atoms with Crippen LogP contribution in [-0.4, -0.2) is 18.5 Å². The van der Waals surface area contributed by atoms with Crippen molar-refractivity contribution >= 4 is 0 Å². The van der Waals surface area contributed by atoms with Crippen LogP contribution in [0.3, 0.4) is 0 Å². The summed E-state index contributed by atoms with van der Waals surface area (Å²) < 4.78 is 27.5. The highest BCUT2D eigenvalue weighted by Gasteiger charge is 2.41. The number of nitriles is 1. The van der Waals surface area contributed by atoms with E-state index in [-0.39, 0.29) is 5.92 Å². The number of benzene rings is 2. The van der Waals surface area contributed by atoms with Gasteiger partial charge in [-0.3, -0.25) is 0 Å². The van der Waals surface area contributed by atoms with Crippen LogP contribution in [0.4, 0.5) is 8.78 Å². The maximum atomic E-state index is 14.0. The zero-order valence-electron chi connectivity index (χ0n) is 17.2. The Labute approximate surface area is 173 Å². The van der Waals surface area contributed by atoms with Gasteiger partial charge in [0, 0.05) is 6.54 Å². The van der Waals surface area contributed by atoms with Crippen molar-refractivity contribution in [2.75, 3.05) is 13.6 Å². The fourth-order valence-electron chi connectivity index (χ4n) is 4.77. The van der Waals surface area contributed by atoms with Gasteiger partial charge in [0.15, 0.2) is 11.6 Å². The molecule has 4 heteroatoms. The van der Waals surface area contributed by atoms with Crippen LogP contribution in [0.2, 0.25) is 0 Å². The Morgan fingerprint density at radius 2 is 1.76 bits per heavy atom. The van der Waals surface area contributed by atoms with E-state index in [2.05, 4.69) is 30.1 Å². The number of rotatable bonds is 8. The van der Waals surface area contributed by atoms with Gasteiger partial charge in [-0.25, -0.2) is 8.78 Å². The molecular weight excluding hydrogens is 366 g/mol. The van der Waals surface area contributed by atoms with Gasteiger partial charge >= 0.3 is 0 Å². The molecule has 3 rings (SSSR count). The first-order valence-corrected chi connectivity index (χ1v) is 10.6. The fraction of sp³-hybridized carbons (Fsp3) is 0.480. The maximum Gasteiger partial charge on any atom is 0.159 e. The molecule has 0 saturated heterocycles. The molecule has 0 N–H and O–H groups in total. The third kappa shape index (κ3) is 5.22. The van der Waals surface area contributed by atoms with Gasteiger partial charge in [-0.15, -0.1) is 0 Å². The monoisotopic (exact) mass is 396 g/mol. The minimum atomic E-state index is -0.862. The molecule has 1 aliphatic rings. The molecule has 1 atom stereocenters. The zero-order chi connectivity index (χ0) is 20.7. The van der Waals surface area contributed by atoms with Gasteiger partial charge in [0.1, 0.15) is 0 Å². The first kappa shape index (κ1) is 21.5. The molecule has 2 aromatic carbocycles. The van der Waals surface area contributed by atoms with Crippen molar-refractivity contribution < 1.29 is 8.78 Å². The lowest BCUT2D eigenvalue weighted by Gasteiger charge is -2.38. The van der Waals surface area contributed by atoms with Crippen LogP contribution < -0.4 is 0 Å². The maximum absolute atomic E-state index is 14.0. The highest BCUT2D eigenvalue weighted by Crippen LogP contribution is 2.44. The summed E-state index contributed by atoms with van der Waals surface area (Å²) in [4.78, 5) is 2.25. The molecule has 29 heavy (non-hydrogen) atoms. The normalized spacial score (nSPS) is 17.1. The molecule has 0 aromatic heterocycles. The Kier molecular flexibility index (Phi) is 7.39. The van der Waals surface area contributed by atoms with E-state index in [1.807, 2.05) is 18.2 Å². The molecule has 2 aromatic rings. The third-order valence-electron chi connectivity index (χ3n) is 6.34. The van der Waals surface area contributed by atoms with Gasteiger partial charge in [-0.1, -0.05) is 55.7 Å². The predicted octanol–water partition coefficient (Wildman–Crippen LogP) is 6.22. The first-order valence-electron chi connectivity index (χ1n) is 10.6. The van der Waals surface area contributed by atoms with Gasteiger partial charge < -0.3 is 4.90 Å². The first-order chi connectivity index (χ1) is 14.0. The molecule has 1 saturated carbocycles. The smallest absolute Gasteiger partial charge is 0.159 e. The Bertz CT molecular complexity index is 824. The van der Waals surface area contributed by atoms with Crippen molar-refractivity contribution in [1.82, 2.24) is 4.90 Å². The van der Waals surface area contributed by atoms with Crippen molar-refractivity contribution in [3.8, 4) is 6.07 Å². The Hall–Kier alpha value is -2.25. The summed E-state index contributed by atoms with van der Waals surface area (Å²) in [5.74, 6) is -1.52. The van der Waals surface area contributed by atoms with Crippen LogP contribution >= 0.6 is 0 Å². The summed E-state index contributed by atoms with van der Waals surface area (Å²) in [7, 11) is 2.08. The molecular formula is C25H30F2N2. The highest BCUT2D eigenvalue weighted by atomic mass is 19.2. The second kappa shape index (κ2) is 9.98. The van der Waals surface area contributed by atoms with E-state index in [1.54, 1.807) is 6.07 Å². The quantitative estimate of drug-likeness (QED) is 0.530. The second-order valence-corrected chi connectivity index (χ2v) is 8.37. The molecule has 0 amide bonds. The largest absolute Gasteiger partial charge is 0.302 e. The van der Waals surface area contributed by atoms with Crippen molar-refractivity contribution in [3.63, 3.8) is 0 Å². The topological polar surface area (TPSA) is 27.0 Å². The van der Waals surface area contributed by atoms with E-state index in [1.165, 1.54) is 24.1 Å². The van der Waals surface area contributed by atoms with Crippen molar-refractivity contribution in [2.45, 2.75) is 56.9 Å². The van der Waals surface area contributed by atoms with E-state index < -0.39 is 17.0 Å². The second-order valence-electron chi connectivity index (χ2n) is 8.37. The van der Waals surface area contributed by atoms with Crippen LogP contribution in [0.25, 0.3) is 0 Å². The van der Waals surface area contributed by atoms with Gasteiger partial charge in [0.05, 0.1) is 11.5 Å². The molecule has 0 heterocycles. The van der Waals surface area contributed by atoms with Crippen molar-refractivity contribution in [3.05, 3.63) is 71.3 Å². The molecule has 0 bridgehead atoms. The molecule has 0 radical (unpaired) electrons. The Morgan fingerprint density at radius 3 is 2.41 bits per heavy atom. The summed E-state index contributed by atoms with van der Waals surface area (Å²) >= 11 is 0. The lowest BCUT2D eigenvalue weighted by Crippen LogP contribution is -2.36. The third-order valence-corrected chi connectivity index (χ3v) is 6.34. The van der Waals surface area contributed by atoms with Crippen LogP contribution in [-0.2, 0) is 12.0 Å². The minimum Gasteiger partial charge on any atom is -0.302 e. The summed E-state index contributed by atoms with van der Waals surface area (Å²) in [6.07, 6.45) is 6.86. The molecule has 1 aliphatic carbocycles. The van der Waals surface area contributed by atoms with Gasteiger partial charge in [0.2, 0.25) is 0 Å². The van der Waals surface area contributed by atoms with Gasteiger partial charge in [0.25, 0.3) is 0 Å². The average Bonchev–Trinajstić information content (AvgIpc) is 2.75.